The van der Waals surface area contributed by atoms with Crippen LogP contribution in [-0.4, -0.2) is 15.9 Å². The van der Waals surface area contributed by atoms with Crippen LogP contribution in [0.1, 0.15) is 28.7 Å². The summed E-state index contributed by atoms with van der Waals surface area (Å²) < 4.78 is 26.7. The van der Waals surface area contributed by atoms with Gasteiger partial charge in [0.2, 0.25) is 0 Å². The molecular formula is C14H11F2NO2S. The van der Waals surface area contributed by atoms with Crippen LogP contribution in [0.5, 0.6) is 5.75 Å². The molecule has 3 rings (SSSR count). The molecule has 1 atom stereocenters. The van der Waals surface area contributed by atoms with Gasteiger partial charge in [-0.15, -0.1) is 11.3 Å². The number of carbonyl (C=O) groups is 1. The maximum atomic E-state index is 13.4. The lowest BCUT2D eigenvalue weighted by Gasteiger charge is -2.14. The number of phenolic OH excluding ortho intramolecular Hbond substituents is 1. The highest BCUT2D eigenvalue weighted by Gasteiger charge is 2.28. The Morgan fingerprint density at radius 2 is 2.00 bits per heavy atom. The van der Waals surface area contributed by atoms with E-state index >= 15 is 0 Å². The molecular weight excluding hydrogens is 284 g/mol. The molecule has 20 heavy (non-hydrogen) atoms. The van der Waals surface area contributed by atoms with E-state index in [1.165, 1.54) is 0 Å². The van der Waals surface area contributed by atoms with Crippen LogP contribution in [-0.2, 0) is 6.42 Å². The van der Waals surface area contributed by atoms with Gasteiger partial charge in [-0.2, -0.15) is 0 Å². The average molecular weight is 295 g/mol. The number of Topliss-reactive ketones (excluding diaryl/α,β-unsaturated/α-hetero) is 1. The molecule has 1 aromatic carbocycles. The Labute approximate surface area is 117 Å². The standard InChI is InChI=1S/C14H11F2NO2S/c1-6-2-3-10-13(11(6)18)20-14(17-10)7-4-8(15)12(19)9(16)5-7/h4-6,19H,2-3H2,1H3. The first-order valence-corrected chi connectivity index (χ1v) is 7.01. The second-order valence-corrected chi connectivity index (χ2v) is 5.89. The lowest BCUT2D eigenvalue weighted by atomic mass is 9.92. The van der Waals surface area contributed by atoms with Crippen LogP contribution in [0.3, 0.4) is 0 Å². The SMILES string of the molecule is CC1CCc2nc(-c3cc(F)c(O)c(F)c3)sc2C1=O. The number of phenols is 1. The van der Waals surface area contributed by atoms with E-state index in [2.05, 4.69) is 4.98 Å². The van der Waals surface area contributed by atoms with Gasteiger partial charge in [0.15, 0.2) is 23.2 Å². The van der Waals surface area contributed by atoms with E-state index in [9.17, 15) is 13.6 Å². The van der Waals surface area contributed by atoms with Gasteiger partial charge in [0.25, 0.3) is 0 Å². The minimum Gasteiger partial charge on any atom is -0.503 e. The Morgan fingerprint density at radius 1 is 1.35 bits per heavy atom. The first-order chi connectivity index (χ1) is 9.47. The van der Waals surface area contributed by atoms with Crippen molar-refractivity contribution in [2.24, 2.45) is 5.92 Å². The van der Waals surface area contributed by atoms with E-state index in [0.29, 0.717) is 22.0 Å². The van der Waals surface area contributed by atoms with Crippen LogP contribution in [0.25, 0.3) is 10.6 Å². The number of hydrogen-bond acceptors (Lipinski definition) is 4. The van der Waals surface area contributed by atoms with Gasteiger partial charge in [-0.3, -0.25) is 4.79 Å². The fourth-order valence-electron chi connectivity index (χ4n) is 2.23. The highest BCUT2D eigenvalue weighted by molar-refractivity contribution is 7.17. The third kappa shape index (κ3) is 2.00. The molecule has 1 unspecified atom stereocenters. The van der Waals surface area contributed by atoms with Gasteiger partial charge in [0, 0.05) is 11.5 Å². The molecule has 2 aromatic rings. The number of carbonyl (C=O) groups excluding carboxylic acids is 1. The van der Waals surface area contributed by atoms with Crippen LogP contribution in [0, 0.1) is 17.6 Å². The molecule has 1 aromatic heterocycles. The van der Waals surface area contributed by atoms with Crippen LogP contribution in [0.4, 0.5) is 8.78 Å². The smallest absolute Gasteiger partial charge is 0.187 e. The van der Waals surface area contributed by atoms with Crippen LogP contribution in [0.15, 0.2) is 12.1 Å². The summed E-state index contributed by atoms with van der Waals surface area (Å²) in [4.78, 5) is 16.9. The summed E-state index contributed by atoms with van der Waals surface area (Å²) in [5.41, 5.74) is 0.930. The third-order valence-corrected chi connectivity index (χ3v) is 4.61. The fraction of sp³-hybridized carbons (Fsp3) is 0.286. The number of fused-ring (bicyclic) bond motifs is 1. The number of rotatable bonds is 1. The van der Waals surface area contributed by atoms with E-state index in [1.807, 2.05) is 6.92 Å². The molecule has 1 N–H and O–H groups in total. The molecule has 0 saturated heterocycles. The number of hydrogen-bond donors (Lipinski definition) is 1. The van der Waals surface area contributed by atoms with Crippen LogP contribution in [0.2, 0.25) is 0 Å². The van der Waals surface area contributed by atoms with Gasteiger partial charge in [0.1, 0.15) is 5.01 Å². The number of aromatic hydroxyl groups is 1. The first kappa shape index (κ1) is 13.2. The molecule has 3 nitrogen and oxygen atoms in total. The normalized spacial score (nSPS) is 18.1. The summed E-state index contributed by atoms with van der Waals surface area (Å²) in [5, 5.41) is 9.49. The van der Waals surface area contributed by atoms with E-state index in [-0.39, 0.29) is 17.3 Å². The number of thiazole rings is 1. The molecule has 1 heterocycles. The quantitative estimate of drug-likeness (QED) is 0.875. The van der Waals surface area contributed by atoms with Gasteiger partial charge >= 0.3 is 0 Å². The summed E-state index contributed by atoms with van der Waals surface area (Å²) in [5.74, 6) is -3.07. The lowest BCUT2D eigenvalue weighted by molar-refractivity contribution is 0.0917. The van der Waals surface area contributed by atoms with Crippen LogP contribution >= 0.6 is 11.3 Å². The zero-order chi connectivity index (χ0) is 14.4. The molecule has 104 valence electrons. The molecule has 1 aliphatic rings. The topological polar surface area (TPSA) is 50.2 Å². The molecule has 0 amide bonds. The Balaban J connectivity index is 2.09. The Bertz CT molecular complexity index is 688. The Kier molecular flexibility index (Phi) is 3.05. The van der Waals surface area contributed by atoms with Gasteiger partial charge in [-0.1, -0.05) is 6.92 Å². The summed E-state index contributed by atoms with van der Waals surface area (Å²) in [6, 6.07) is 2.05. The van der Waals surface area contributed by atoms with Crippen LogP contribution < -0.4 is 0 Å². The number of nitrogens with zero attached hydrogens (tertiary/aromatic N) is 1. The van der Waals surface area contributed by atoms with Crippen molar-refractivity contribution in [2.45, 2.75) is 19.8 Å². The van der Waals surface area contributed by atoms with E-state index in [4.69, 9.17) is 5.11 Å². The van der Waals surface area contributed by atoms with Gasteiger partial charge in [0.05, 0.1) is 10.6 Å². The first-order valence-electron chi connectivity index (χ1n) is 6.19. The van der Waals surface area contributed by atoms with Gasteiger partial charge in [-0.25, -0.2) is 13.8 Å². The van der Waals surface area contributed by atoms with Crippen molar-refractivity contribution >= 4 is 17.1 Å². The predicted molar refractivity (Wildman–Crippen MR) is 70.9 cm³/mol. The maximum absolute atomic E-state index is 13.4. The number of aromatic nitrogens is 1. The summed E-state index contributed by atoms with van der Waals surface area (Å²) >= 11 is 1.15. The zero-order valence-corrected chi connectivity index (χ0v) is 11.4. The summed E-state index contributed by atoms with van der Waals surface area (Å²) in [6.45, 7) is 1.87. The lowest BCUT2D eigenvalue weighted by Crippen LogP contribution is -2.18. The highest BCUT2D eigenvalue weighted by Crippen LogP contribution is 2.36. The largest absolute Gasteiger partial charge is 0.503 e. The van der Waals surface area contributed by atoms with Crippen molar-refractivity contribution in [3.8, 4) is 16.3 Å². The molecule has 0 bridgehead atoms. The highest BCUT2D eigenvalue weighted by atomic mass is 32.1. The molecule has 1 aliphatic carbocycles. The van der Waals surface area contributed by atoms with Crippen molar-refractivity contribution in [1.82, 2.24) is 4.98 Å². The van der Waals surface area contributed by atoms with Crippen molar-refractivity contribution in [1.29, 1.82) is 0 Å². The Morgan fingerprint density at radius 3 is 2.65 bits per heavy atom. The van der Waals surface area contributed by atoms with Gasteiger partial charge < -0.3 is 5.11 Å². The summed E-state index contributed by atoms with van der Waals surface area (Å²) in [6.07, 6.45) is 1.44. The number of aryl methyl sites for hydroxylation is 1. The second-order valence-electron chi connectivity index (χ2n) is 4.89. The fourth-order valence-corrected chi connectivity index (χ4v) is 3.39. The molecule has 0 radical (unpaired) electrons. The number of benzene rings is 1. The average Bonchev–Trinajstić information content (AvgIpc) is 2.84. The maximum Gasteiger partial charge on any atom is 0.187 e. The Hall–Kier alpha value is -1.82. The molecule has 0 saturated carbocycles. The zero-order valence-electron chi connectivity index (χ0n) is 10.6. The molecule has 0 aliphatic heterocycles. The monoisotopic (exact) mass is 295 g/mol. The van der Waals surface area contributed by atoms with Crippen molar-refractivity contribution in [3.63, 3.8) is 0 Å². The van der Waals surface area contributed by atoms with E-state index in [1.54, 1.807) is 0 Å². The van der Waals surface area contributed by atoms with E-state index < -0.39 is 17.4 Å². The third-order valence-electron chi connectivity index (χ3n) is 3.45. The van der Waals surface area contributed by atoms with Crippen molar-refractivity contribution in [2.75, 3.05) is 0 Å². The summed E-state index contributed by atoms with van der Waals surface area (Å²) in [7, 11) is 0. The van der Waals surface area contributed by atoms with Gasteiger partial charge in [-0.05, 0) is 25.0 Å². The van der Waals surface area contributed by atoms with Crippen molar-refractivity contribution in [3.05, 3.63) is 34.3 Å². The number of ketones is 1. The minimum absolute atomic E-state index is 0.0368. The predicted octanol–water partition coefficient (Wildman–Crippen LogP) is 3.56. The van der Waals surface area contributed by atoms with Crippen molar-refractivity contribution < 1.29 is 18.7 Å². The molecule has 0 fully saturated rings. The molecule has 6 heteroatoms. The minimum atomic E-state index is -1.03. The number of halogens is 2. The molecule has 0 spiro atoms. The van der Waals surface area contributed by atoms with E-state index in [0.717, 1.165) is 29.9 Å². The second kappa shape index (κ2) is 4.63.